The van der Waals surface area contributed by atoms with Gasteiger partial charge in [0.2, 0.25) is 5.91 Å². The number of amides is 1. The minimum Gasteiger partial charge on any atom is -0.382 e. The Morgan fingerprint density at radius 2 is 2.10 bits per heavy atom. The van der Waals surface area contributed by atoms with Crippen LogP contribution >= 0.6 is 0 Å². The van der Waals surface area contributed by atoms with Crippen molar-refractivity contribution < 1.29 is 14.3 Å². The van der Waals surface area contributed by atoms with Crippen molar-refractivity contribution in [3.63, 3.8) is 0 Å². The molecule has 0 saturated carbocycles. The maximum absolute atomic E-state index is 11.8. The van der Waals surface area contributed by atoms with E-state index in [-0.39, 0.29) is 11.5 Å². The molecule has 2 saturated heterocycles. The van der Waals surface area contributed by atoms with Gasteiger partial charge in [-0.15, -0.1) is 0 Å². The molecule has 2 aliphatic heterocycles. The molecule has 122 valence electrons. The summed E-state index contributed by atoms with van der Waals surface area (Å²) >= 11 is 0. The van der Waals surface area contributed by atoms with Crippen LogP contribution in [0, 0.1) is 5.92 Å². The number of hydrogen-bond acceptors (Lipinski definition) is 4. The maximum Gasteiger partial charge on any atom is 0.236 e. The third kappa shape index (κ3) is 4.18. The molecular weight excluding hydrogens is 268 g/mol. The van der Waals surface area contributed by atoms with Gasteiger partial charge in [-0.3, -0.25) is 9.69 Å². The number of likely N-dealkylation sites (N-methyl/N-ethyl adjacent to an activating group) is 1. The quantitative estimate of drug-likeness (QED) is 0.695. The molecule has 1 spiro atoms. The first-order valence-electron chi connectivity index (χ1n) is 8.21. The largest absolute Gasteiger partial charge is 0.382 e. The molecule has 2 aliphatic rings. The fourth-order valence-corrected chi connectivity index (χ4v) is 3.54. The molecule has 0 N–H and O–H groups in total. The molecule has 0 aromatic rings. The van der Waals surface area contributed by atoms with Gasteiger partial charge in [-0.2, -0.15) is 0 Å². The van der Waals surface area contributed by atoms with Crippen molar-refractivity contribution in [2.45, 2.75) is 38.2 Å². The van der Waals surface area contributed by atoms with E-state index >= 15 is 0 Å². The van der Waals surface area contributed by atoms with Crippen molar-refractivity contribution in [2.24, 2.45) is 5.92 Å². The van der Waals surface area contributed by atoms with E-state index in [0.717, 1.165) is 58.6 Å². The third-order valence-corrected chi connectivity index (χ3v) is 4.97. The highest BCUT2D eigenvalue weighted by atomic mass is 16.5. The fraction of sp³-hybridized carbons (Fsp3) is 0.938. The van der Waals surface area contributed by atoms with Crippen LogP contribution in [0.4, 0.5) is 0 Å². The summed E-state index contributed by atoms with van der Waals surface area (Å²) in [5, 5.41) is 0. The average molecular weight is 298 g/mol. The highest BCUT2D eigenvalue weighted by Gasteiger charge is 2.45. The second-order valence-corrected chi connectivity index (χ2v) is 6.45. The molecule has 0 radical (unpaired) electrons. The monoisotopic (exact) mass is 298 g/mol. The van der Waals surface area contributed by atoms with Crippen LogP contribution in [-0.2, 0) is 14.3 Å². The Morgan fingerprint density at radius 3 is 2.71 bits per heavy atom. The molecule has 5 nitrogen and oxygen atoms in total. The van der Waals surface area contributed by atoms with Crippen molar-refractivity contribution in [3.05, 3.63) is 0 Å². The Hall–Kier alpha value is -0.650. The lowest BCUT2D eigenvalue weighted by Gasteiger charge is -2.42. The van der Waals surface area contributed by atoms with Crippen molar-refractivity contribution >= 4 is 5.91 Å². The van der Waals surface area contributed by atoms with Crippen molar-refractivity contribution in [1.29, 1.82) is 0 Å². The van der Waals surface area contributed by atoms with Crippen LogP contribution in [0.2, 0.25) is 0 Å². The van der Waals surface area contributed by atoms with Crippen molar-refractivity contribution in [1.82, 2.24) is 9.80 Å². The second kappa shape index (κ2) is 7.56. The molecule has 5 heteroatoms. The number of hydrogen-bond donors (Lipinski definition) is 0. The van der Waals surface area contributed by atoms with Gasteiger partial charge in [-0.25, -0.2) is 0 Å². The molecule has 21 heavy (non-hydrogen) atoms. The second-order valence-electron chi connectivity index (χ2n) is 6.45. The first kappa shape index (κ1) is 16.7. The first-order valence-corrected chi connectivity index (χ1v) is 8.21. The van der Waals surface area contributed by atoms with Gasteiger partial charge in [0.25, 0.3) is 0 Å². The summed E-state index contributed by atoms with van der Waals surface area (Å²) < 4.78 is 11.7. The molecule has 0 aliphatic carbocycles. The summed E-state index contributed by atoms with van der Waals surface area (Å²) in [6.07, 6.45) is 4.35. The molecular formula is C16H30N2O3. The minimum atomic E-state index is 0.0504. The Balaban J connectivity index is 1.82. The summed E-state index contributed by atoms with van der Waals surface area (Å²) in [4.78, 5) is 15.7. The normalized spacial score (nSPS) is 25.4. The molecule has 1 unspecified atom stereocenters. The Labute approximate surface area is 128 Å². The lowest BCUT2D eigenvalue weighted by Crippen LogP contribution is -2.50. The molecule has 1 amide bonds. The number of rotatable bonds is 6. The molecule has 2 heterocycles. The van der Waals surface area contributed by atoms with E-state index in [4.69, 9.17) is 9.47 Å². The van der Waals surface area contributed by atoms with Crippen LogP contribution in [0.25, 0.3) is 0 Å². The zero-order chi connectivity index (χ0) is 15.3. The van der Waals surface area contributed by atoms with Gasteiger partial charge >= 0.3 is 0 Å². The van der Waals surface area contributed by atoms with Gasteiger partial charge in [0.1, 0.15) is 0 Å². The summed E-state index contributed by atoms with van der Waals surface area (Å²) in [7, 11) is 3.63. The van der Waals surface area contributed by atoms with Crippen LogP contribution in [0.15, 0.2) is 0 Å². The van der Waals surface area contributed by atoms with Crippen LogP contribution in [0.3, 0.4) is 0 Å². The first-order chi connectivity index (χ1) is 10.1. The fourth-order valence-electron chi connectivity index (χ4n) is 3.54. The predicted molar refractivity (Wildman–Crippen MR) is 82.3 cm³/mol. The topological polar surface area (TPSA) is 42.0 Å². The Kier molecular flexibility index (Phi) is 6.02. The third-order valence-electron chi connectivity index (χ3n) is 4.97. The highest BCUT2D eigenvalue weighted by molar-refractivity contribution is 5.77. The number of likely N-dealkylation sites (tertiary alicyclic amines) is 1. The number of carbonyl (C=O) groups is 1. The van der Waals surface area contributed by atoms with E-state index in [1.165, 1.54) is 0 Å². The smallest absolute Gasteiger partial charge is 0.236 e. The average Bonchev–Trinajstić information content (AvgIpc) is 2.84. The van der Waals surface area contributed by atoms with E-state index in [1.54, 1.807) is 4.90 Å². The summed E-state index contributed by atoms with van der Waals surface area (Å²) in [5.74, 6) is 0.807. The maximum atomic E-state index is 11.8. The van der Waals surface area contributed by atoms with Gasteiger partial charge in [0.05, 0.1) is 12.1 Å². The molecule has 2 fully saturated rings. The van der Waals surface area contributed by atoms with Crippen molar-refractivity contribution in [2.75, 3.05) is 53.6 Å². The number of piperidine rings is 1. The zero-order valence-corrected chi connectivity index (χ0v) is 13.8. The number of carbonyl (C=O) groups excluding carboxylic acids is 1. The van der Waals surface area contributed by atoms with E-state index in [0.29, 0.717) is 12.5 Å². The van der Waals surface area contributed by atoms with E-state index in [9.17, 15) is 4.79 Å². The predicted octanol–water partition coefficient (Wildman–Crippen LogP) is 1.37. The lowest BCUT2D eigenvalue weighted by molar-refractivity contribution is -0.131. The van der Waals surface area contributed by atoms with Gasteiger partial charge in [-0.05, 0) is 38.5 Å². The summed E-state index contributed by atoms with van der Waals surface area (Å²) in [6.45, 7) is 7.02. The molecule has 0 bridgehead atoms. The zero-order valence-electron chi connectivity index (χ0n) is 13.8. The molecule has 0 aromatic heterocycles. The van der Waals surface area contributed by atoms with Crippen LogP contribution in [-0.4, -0.2) is 74.9 Å². The standard InChI is InChI=1S/C16H30N2O3/c1-4-20-11-5-14-6-12-21-16(14)7-9-18(10-8-16)13-15(19)17(2)3/h14H,4-13H2,1-3H3. The van der Waals surface area contributed by atoms with E-state index < -0.39 is 0 Å². The number of nitrogens with zero attached hydrogens (tertiary/aromatic N) is 2. The summed E-state index contributed by atoms with van der Waals surface area (Å²) in [5.41, 5.74) is 0.0504. The van der Waals surface area contributed by atoms with E-state index in [1.807, 2.05) is 21.0 Å². The minimum absolute atomic E-state index is 0.0504. The van der Waals surface area contributed by atoms with Crippen LogP contribution in [0.5, 0.6) is 0 Å². The molecule has 2 rings (SSSR count). The van der Waals surface area contributed by atoms with Crippen LogP contribution in [0.1, 0.15) is 32.6 Å². The molecule has 1 atom stereocenters. The van der Waals surface area contributed by atoms with Crippen LogP contribution < -0.4 is 0 Å². The number of ether oxygens (including phenoxy) is 2. The van der Waals surface area contributed by atoms with Crippen molar-refractivity contribution in [3.8, 4) is 0 Å². The van der Waals surface area contributed by atoms with Gasteiger partial charge in [0, 0.05) is 47.0 Å². The van der Waals surface area contributed by atoms with Gasteiger partial charge < -0.3 is 14.4 Å². The molecule has 0 aromatic carbocycles. The Morgan fingerprint density at radius 1 is 1.38 bits per heavy atom. The Bertz CT molecular complexity index is 338. The SMILES string of the molecule is CCOCCC1CCOC12CCN(CC(=O)N(C)C)CC2. The van der Waals surface area contributed by atoms with E-state index in [2.05, 4.69) is 4.90 Å². The summed E-state index contributed by atoms with van der Waals surface area (Å²) in [6, 6.07) is 0. The lowest BCUT2D eigenvalue weighted by atomic mass is 9.78. The van der Waals surface area contributed by atoms with Gasteiger partial charge in [-0.1, -0.05) is 0 Å². The highest BCUT2D eigenvalue weighted by Crippen LogP contribution is 2.42. The van der Waals surface area contributed by atoms with Gasteiger partial charge in [0.15, 0.2) is 0 Å².